The first kappa shape index (κ1) is 16.1. The number of aliphatic hydroxyl groups is 1. The van der Waals surface area contributed by atoms with E-state index in [1.165, 1.54) is 12.1 Å². The van der Waals surface area contributed by atoms with E-state index >= 15 is 0 Å². The molecule has 0 saturated heterocycles. The summed E-state index contributed by atoms with van der Waals surface area (Å²) in [7, 11) is 1.66. The minimum absolute atomic E-state index is 0.188. The molecule has 1 saturated carbocycles. The summed E-state index contributed by atoms with van der Waals surface area (Å²) in [5.74, 6) is -0.249. The summed E-state index contributed by atoms with van der Waals surface area (Å²) in [5.41, 5.74) is -0.00979. The third-order valence-electron chi connectivity index (χ3n) is 3.89. The molecule has 0 aromatic heterocycles. The summed E-state index contributed by atoms with van der Waals surface area (Å²) in [5, 5.41) is 10.5. The van der Waals surface area contributed by atoms with Crippen LogP contribution in [0.3, 0.4) is 0 Å². The Morgan fingerprint density at radius 1 is 1.19 bits per heavy atom. The minimum atomic E-state index is -4.68. The molecule has 1 aliphatic carbocycles. The third-order valence-corrected chi connectivity index (χ3v) is 3.89. The van der Waals surface area contributed by atoms with Gasteiger partial charge in [0.1, 0.15) is 5.75 Å². The van der Waals surface area contributed by atoms with E-state index in [0.717, 1.165) is 18.4 Å². The molecular formula is C15H19F3O3. The maximum atomic E-state index is 12.1. The summed E-state index contributed by atoms with van der Waals surface area (Å²) in [6.45, 7) is 0. The highest BCUT2D eigenvalue weighted by Crippen LogP contribution is 2.33. The Morgan fingerprint density at radius 2 is 1.76 bits per heavy atom. The van der Waals surface area contributed by atoms with Gasteiger partial charge in [-0.3, -0.25) is 0 Å². The van der Waals surface area contributed by atoms with Crippen molar-refractivity contribution in [3.63, 3.8) is 0 Å². The molecule has 1 fully saturated rings. The van der Waals surface area contributed by atoms with E-state index in [1.54, 1.807) is 19.2 Å². The molecule has 0 bridgehead atoms. The van der Waals surface area contributed by atoms with Crippen molar-refractivity contribution in [1.29, 1.82) is 0 Å². The van der Waals surface area contributed by atoms with Crippen LogP contribution in [-0.2, 0) is 11.2 Å². The lowest BCUT2D eigenvalue weighted by atomic mass is 9.79. The summed E-state index contributed by atoms with van der Waals surface area (Å²) >= 11 is 0. The highest BCUT2D eigenvalue weighted by Gasteiger charge is 2.34. The van der Waals surface area contributed by atoms with Gasteiger partial charge in [-0.2, -0.15) is 0 Å². The Labute approximate surface area is 121 Å². The average molecular weight is 304 g/mol. The number of benzene rings is 1. The van der Waals surface area contributed by atoms with Crippen molar-refractivity contribution in [2.75, 3.05) is 7.11 Å². The fraction of sp³-hybridized carbons (Fsp3) is 0.600. The van der Waals surface area contributed by atoms with Crippen LogP contribution in [0.15, 0.2) is 24.3 Å². The van der Waals surface area contributed by atoms with Crippen molar-refractivity contribution in [3.05, 3.63) is 29.8 Å². The van der Waals surface area contributed by atoms with Crippen LogP contribution < -0.4 is 4.74 Å². The van der Waals surface area contributed by atoms with Crippen LogP contribution in [-0.4, -0.2) is 30.3 Å². The van der Waals surface area contributed by atoms with Crippen LogP contribution in [0.25, 0.3) is 0 Å². The molecular weight excluding hydrogens is 285 g/mol. The molecule has 1 aromatic rings. The molecule has 1 aromatic carbocycles. The fourth-order valence-corrected chi connectivity index (χ4v) is 2.73. The highest BCUT2D eigenvalue weighted by molar-refractivity contribution is 5.28. The summed E-state index contributed by atoms with van der Waals surface area (Å²) < 4.78 is 45.3. The van der Waals surface area contributed by atoms with E-state index in [2.05, 4.69) is 4.74 Å². The monoisotopic (exact) mass is 304 g/mol. The first-order chi connectivity index (χ1) is 9.80. The Hall–Kier alpha value is -1.27. The van der Waals surface area contributed by atoms with Crippen LogP contribution >= 0.6 is 0 Å². The lowest BCUT2D eigenvalue weighted by Crippen LogP contribution is -2.38. The molecule has 21 heavy (non-hydrogen) atoms. The Morgan fingerprint density at radius 3 is 2.24 bits per heavy atom. The van der Waals surface area contributed by atoms with Crippen LogP contribution in [0.4, 0.5) is 13.2 Å². The summed E-state index contributed by atoms with van der Waals surface area (Å²) in [4.78, 5) is 0. The van der Waals surface area contributed by atoms with Crippen molar-refractivity contribution in [1.82, 2.24) is 0 Å². The summed E-state index contributed by atoms with van der Waals surface area (Å²) in [6, 6.07) is 5.66. The molecule has 3 nitrogen and oxygen atoms in total. The van der Waals surface area contributed by atoms with Gasteiger partial charge in [-0.05, 0) is 43.4 Å². The van der Waals surface area contributed by atoms with Gasteiger partial charge < -0.3 is 14.6 Å². The van der Waals surface area contributed by atoms with Crippen molar-refractivity contribution < 1.29 is 27.8 Å². The molecule has 0 atom stereocenters. The second-order valence-electron chi connectivity index (χ2n) is 5.53. The number of hydrogen-bond donors (Lipinski definition) is 1. The minimum Gasteiger partial charge on any atom is -0.406 e. The van der Waals surface area contributed by atoms with Crippen LogP contribution in [0.5, 0.6) is 5.75 Å². The van der Waals surface area contributed by atoms with Gasteiger partial charge in [-0.15, -0.1) is 13.2 Å². The number of hydrogen-bond acceptors (Lipinski definition) is 3. The molecule has 1 aliphatic rings. The van der Waals surface area contributed by atoms with Gasteiger partial charge in [0.05, 0.1) is 11.7 Å². The maximum Gasteiger partial charge on any atom is 0.573 e. The van der Waals surface area contributed by atoms with Crippen molar-refractivity contribution in [3.8, 4) is 5.75 Å². The quantitative estimate of drug-likeness (QED) is 0.926. The van der Waals surface area contributed by atoms with Crippen molar-refractivity contribution in [2.45, 2.75) is 50.2 Å². The predicted molar refractivity (Wildman–Crippen MR) is 71.0 cm³/mol. The molecule has 0 heterocycles. The topological polar surface area (TPSA) is 38.7 Å². The lowest BCUT2D eigenvalue weighted by molar-refractivity contribution is -0.274. The molecule has 0 spiro atoms. The number of halogens is 3. The van der Waals surface area contributed by atoms with E-state index in [0.29, 0.717) is 19.3 Å². The second-order valence-corrected chi connectivity index (χ2v) is 5.53. The Balaban J connectivity index is 1.94. The van der Waals surface area contributed by atoms with E-state index in [-0.39, 0.29) is 11.9 Å². The van der Waals surface area contributed by atoms with Gasteiger partial charge in [0, 0.05) is 13.5 Å². The van der Waals surface area contributed by atoms with E-state index in [4.69, 9.17) is 4.74 Å². The van der Waals surface area contributed by atoms with Crippen LogP contribution in [0, 0.1) is 0 Å². The first-order valence-electron chi connectivity index (χ1n) is 6.89. The molecule has 0 unspecified atom stereocenters. The van der Waals surface area contributed by atoms with E-state index in [1.807, 2.05) is 0 Å². The Kier molecular flexibility index (Phi) is 4.78. The molecule has 0 aliphatic heterocycles. The van der Waals surface area contributed by atoms with E-state index in [9.17, 15) is 18.3 Å². The average Bonchev–Trinajstić information content (AvgIpc) is 2.40. The van der Waals surface area contributed by atoms with Gasteiger partial charge in [-0.25, -0.2) is 0 Å². The lowest BCUT2D eigenvalue weighted by Gasteiger charge is -2.35. The molecule has 6 heteroatoms. The standard InChI is InChI=1S/C15H19F3O3/c1-20-12-6-8-14(19,9-7-12)10-11-2-4-13(5-3-11)21-15(16,17)18/h2-5,12,19H,6-10H2,1H3. The number of ether oxygens (including phenoxy) is 2. The molecule has 118 valence electrons. The van der Waals surface area contributed by atoms with Crippen LogP contribution in [0.1, 0.15) is 31.2 Å². The smallest absolute Gasteiger partial charge is 0.406 e. The highest BCUT2D eigenvalue weighted by atomic mass is 19.4. The van der Waals surface area contributed by atoms with Crippen molar-refractivity contribution >= 4 is 0 Å². The molecule has 2 rings (SSSR count). The Bertz CT molecular complexity index is 448. The van der Waals surface area contributed by atoms with E-state index < -0.39 is 12.0 Å². The van der Waals surface area contributed by atoms with Gasteiger partial charge in [0.25, 0.3) is 0 Å². The summed E-state index contributed by atoms with van der Waals surface area (Å²) in [6.07, 6.45) is -1.22. The number of rotatable bonds is 4. The zero-order chi connectivity index (χ0) is 15.5. The zero-order valence-corrected chi connectivity index (χ0v) is 11.8. The van der Waals surface area contributed by atoms with Crippen LogP contribution in [0.2, 0.25) is 0 Å². The largest absolute Gasteiger partial charge is 0.573 e. The number of alkyl halides is 3. The normalized spacial score (nSPS) is 26.6. The maximum absolute atomic E-state index is 12.1. The zero-order valence-electron chi connectivity index (χ0n) is 11.8. The first-order valence-corrected chi connectivity index (χ1v) is 6.89. The molecule has 0 radical (unpaired) electrons. The third kappa shape index (κ3) is 4.89. The fourth-order valence-electron chi connectivity index (χ4n) is 2.73. The predicted octanol–water partition coefficient (Wildman–Crippen LogP) is 3.45. The van der Waals surface area contributed by atoms with Gasteiger partial charge >= 0.3 is 6.36 Å². The SMILES string of the molecule is COC1CCC(O)(Cc2ccc(OC(F)(F)F)cc2)CC1. The van der Waals surface area contributed by atoms with Gasteiger partial charge in [0.15, 0.2) is 0 Å². The van der Waals surface area contributed by atoms with Gasteiger partial charge in [-0.1, -0.05) is 12.1 Å². The number of methoxy groups -OCH3 is 1. The van der Waals surface area contributed by atoms with Gasteiger partial charge in [0.2, 0.25) is 0 Å². The molecule has 0 amide bonds. The second kappa shape index (κ2) is 6.23. The molecule has 1 N–H and O–H groups in total. The van der Waals surface area contributed by atoms with Crippen molar-refractivity contribution in [2.24, 2.45) is 0 Å².